The lowest BCUT2D eigenvalue weighted by molar-refractivity contribution is -0.125. The van der Waals surface area contributed by atoms with Crippen LogP contribution in [0, 0.1) is 5.92 Å². The van der Waals surface area contributed by atoms with E-state index in [1.54, 1.807) is 0 Å². The second kappa shape index (κ2) is 5.83. The van der Waals surface area contributed by atoms with Crippen molar-refractivity contribution < 1.29 is 4.79 Å². The van der Waals surface area contributed by atoms with Crippen LogP contribution in [0.5, 0.6) is 0 Å². The Balaban J connectivity index is 1.78. The van der Waals surface area contributed by atoms with Crippen molar-refractivity contribution in [2.45, 2.75) is 51.1 Å². The summed E-state index contributed by atoms with van der Waals surface area (Å²) >= 11 is 0. The van der Waals surface area contributed by atoms with Crippen LogP contribution < -0.4 is 11.1 Å². The minimum absolute atomic E-state index is 0.169. The molecule has 1 saturated carbocycles. The van der Waals surface area contributed by atoms with Gasteiger partial charge in [0, 0.05) is 24.5 Å². The van der Waals surface area contributed by atoms with Crippen LogP contribution in [-0.4, -0.2) is 42.5 Å². The summed E-state index contributed by atoms with van der Waals surface area (Å²) in [5.74, 6) is 0.405. The molecule has 3 unspecified atom stereocenters. The SMILES string of the molecule is CCN1CCCC(NC(=O)C2CCC(N)C2)C1. The predicted octanol–water partition coefficient (Wildman–Crippen LogP) is 0.714. The zero-order valence-corrected chi connectivity index (χ0v) is 10.8. The number of hydrogen-bond donors (Lipinski definition) is 2. The van der Waals surface area contributed by atoms with Gasteiger partial charge in [0.2, 0.25) is 5.91 Å². The van der Waals surface area contributed by atoms with Gasteiger partial charge in [0.25, 0.3) is 0 Å². The van der Waals surface area contributed by atoms with Gasteiger partial charge < -0.3 is 16.0 Å². The smallest absolute Gasteiger partial charge is 0.223 e. The predicted molar refractivity (Wildman–Crippen MR) is 68.6 cm³/mol. The number of piperidine rings is 1. The minimum atomic E-state index is 0.169. The number of rotatable bonds is 3. The Labute approximate surface area is 104 Å². The molecule has 1 amide bonds. The second-order valence-corrected chi connectivity index (χ2v) is 5.51. The van der Waals surface area contributed by atoms with E-state index < -0.39 is 0 Å². The normalized spacial score (nSPS) is 34.8. The highest BCUT2D eigenvalue weighted by Gasteiger charge is 2.29. The number of amides is 1. The fraction of sp³-hybridized carbons (Fsp3) is 0.923. The van der Waals surface area contributed by atoms with E-state index in [0.717, 1.165) is 38.8 Å². The van der Waals surface area contributed by atoms with Gasteiger partial charge in [-0.05, 0) is 45.2 Å². The van der Waals surface area contributed by atoms with E-state index >= 15 is 0 Å². The van der Waals surface area contributed by atoms with Crippen LogP contribution in [0.4, 0.5) is 0 Å². The van der Waals surface area contributed by atoms with Crippen molar-refractivity contribution in [3.8, 4) is 0 Å². The molecule has 0 aromatic heterocycles. The lowest BCUT2D eigenvalue weighted by Crippen LogP contribution is -2.48. The fourth-order valence-corrected chi connectivity index (χ4v) is 3.03. The van der Waals surface area contributed by atoms with E-state index in [1.807, 2.05) is 0 Å². The van der Waals surface area contributed by atoms with Crippen molar-refractivity contribution in [3.63, 3.8) is 0 Å². The summed E-state index contributed by atoms with van der Waals surface area (Å²) in [5, 5.41) is 3.21. The number of likely N-dealkylation sites (tertiary alicyclic amines) is 1. The molecule has 98 valence electrons. The number of nitrogens with zero attached hydrogens (tertiary/aromatic N) is 1. The van der Waals surface area contributed by atoms with E-state index in [0.29, 0.717) is 6.04 Å². The Kier molecular flexibility index (Phi) is 4.40. The molecule has 0 aromatic carbocycles. The van der Waals surface area contributed by atoms with Gasteiger partial charge in [0.05, 0.1) is 0 Å². The second-order valence-electron chi connectivity index (χ2n) is 5.51. The first-order valence-corrected chi connectivity index (χ1v) is 6.97. The third kappa shape index (κ3) is 3.42. The molecule has 4 nitrogen and oxygen atoms in total. The molecule has 17 heavy (non-hydrogen) atoms. The van der Waals surface area contributed by atoms with Gasteiger partial charge in [0.1, 0.15) is 0 Å². The average Bonchev–Trinajstić information content (AvgIpc) is 2.76. The summed E-state index contributed by atoms with van der Waals surface area (Å²) < 4.78 is 0. The molecule has 0 bridgehead atoms. The third-order valence-electron chi connectivity index (χ3n) is 4.14. The Morgan fingerprint density at radius 1 is 1.41 bits per heavy atom. The molecule has 2 aliphatic rings. The van der Waals surface area contributed by atoms with Crippen molar-refractivity contribution in [1.29, 1.82) is 0 Å². The van der Waals surface area contributed by atoms with Crippen LogP contribution in [0.3, 0.4) is 0 Å². The standard InChI is InChI=1S/C13H25N3O/c1-2-16-7-3-4-12(9-16)15-13(17)10-5-6-11(14)8-10/h10-12H,2-9,14H2,1H3,(H,15,17). The van der Waals surface area contributed by atoms with E-state index in [4.69, 9.17) is 5.73 Å². The minimum Gasteiger partial charge on any atom is -0.352 e. The number of carbonyl (C=O) groups is 1. The number of nitrogens with two attached hydrogens (primary N) is 1. The first-order valence-electron chi connectivity index (χ1n) is 6.97. The van der Waals surface area contributed by atoms with Gasteiger partial charge in [-0.1, -0.05) is 6.92 Å². The quantitative estimate of drug-likeness (QED) is 0.763. The van der Waals surface area contributed by atoms with E-state index in [9.17, 15) is 4.79 Å². The van der Waals surface area contributed by atoms with Gasteiger partial charge in [0.15, 0.2) is 0 Å². The van der Waals surface area contributed by atoms with E-state index in [1.165, 1.54) is 13.0 Å². The van der Waals surface area contributed by atoms with Crippen molar-refractivity contribution >= 4 is 5.91 Å². The molecule has 3 N–H and O–H groups in total. The van der Waals surface area contributed by atoms with Crippen molar-refractivity contribution in [2.24, 2.45) is 11.7 Å². The Morgan fingerprint density at radius 3 is 2.88 bits per heavy atom. The summed E-state index contributed by atoms with van der Waals surface area (Å²) in [4.78, 5) is 14.5. The third-order valence-corrected chi connectivity index (χ3v) is 4.14. The van der Waals surface area contributed by atoms with Crippen molar-refractivity contribution in [1.82, 2.24) is 10.2 Å². The Hall–Kier alpha value is -0.610. The van der Waals surface area contributed by atoms with Gasteiger partial charge >= 0.3 is 0 Å². The van der Waals surface area contributed by atoms with Crippen LogP contribution in [0.2, 0.25) is 0 Å². The summed E-state index contributed by atoms with van der Waals surface area (Å²) in [6.07, 6.45) is 5.17. The molecular weight excluding hydrogens is 214 g/mol. The zero-order valence-electron chi connectivity index (χ0n) is 10.8. The first kappa shape index (κ1) is 12.8. The molecule has 2 rings (SSSR count). The molecule has 1 saturated heterocycles. The fourth-order valence-electron chi connectivity index (χ4n) is 3.03. The summed E-state index contributed by atoms with van der Waals surface area (Å²) in [5.41, 5.74) is 5.85. The van der Waals surface area contributed by atoms with Crippen LogP contribution in [0.25, 0.3) is 0 Å². The number of hydrogen-bond acceptors (Lipinski definition) is 3. The molecule has 0 spiro atoms. The van der Waals surface area contributed by atoms with E-state index in [-0.39, 0.29) is 17.9 Å². The average molecular weight is 239 g/mol. The molecule has 1 aliphatic carbocycles. The first-order chi connectivity index (χ1) is 8.19. The Bertz CT molecular complexity index is 269. The summed E-state index contributed by atoms with van der Waals surface area (Å²) in [6, 6.07) is 0.595. The van der Waals surface area contributed by atoms with Crippen LogP contribution in [-0.2, 0) is 4.79 Å². The van der Waals surface area contributed by atoms with Crippen molar-refractivity contribution in [3.05, 3.63) is 0 Å². The lowest BCUT2D eigenvalue weighted by Gasteiger charge is -2.32. The van der Waals surface area contributed by atoms with Crippen LogP contribution in [0.15, 0.2) is 0 Å². The van der Waals surface area contributed by atoms with Gasteiger partial charge in [-0.15, -0.1) is 0 Å². The van der Waals surface area contributed by atoms with Gasteiger partial charge in [-0.3, -0.25) is 4.79 Å². The zero-order chi connectivity index (χ0) is 12.3. The molecule has 1 aliphatic heterocycles. The monoisotopic (exact) mass is 239 g/mol. The highest BCUT2D eigenvalue weighted by atomic mass is 16.2. The Morgan fingerprint density at radius 2 is 2.24 bits per heavy atom. The molecular formula is C13H25N3O. The maximum atomic E-state index is 12.1. The summed E-state index contributed by atoms with van der Waals surface area (Å²) in [7, 11) is 0. The van der Waals surface area contributed by atoms with Crippen LogP contribution >= 0.6 is 0 Å². The molecule has 0 radical (unpaired) electrons. The molecule has 2 fully saturated rings. The number of carbonyl (C=O) groups excluding carboxylic acids is 1. The maximum absolute atomic E-state index is 12.1. The highest BCUT2D eigenvalue weighted by Crippen LogP contribution is 2.24. The maximum Gasteiger partial charge on any atom is 0.223 e. The number of likely N-dealkylation sites (N-methyl/N-ethyl adjacent to an activating group) is 1. The topological polar surface area (TPSA) is 58.4 Å². The van der Waals surface area contributed by atoms with Gasteiger partial charge in [-0.2, -0.15) is 0 Å². The van der Waals surface area contributed by atoms with Crippen molar-refractivity contribution in [2.75, 3.05) is 19.6 Å². The van der Waals surface area contributed by atoms with Gasteiger partial charge in [-0.25, -0.2) is 0 Å². The van der Waals surface area contributed by atoms with Crippen LogP contribution in [0.1, 0.15) is 39.0 Å². The summed E-state index contributed by atoms with van der Waals surface area (Å²) in [6.45, 7) is 5.46. The number of nitrogens with one attached hydrogen (secondary N) is 1. The largest absolute Gasteiger partial charge is 0.352 e. The lowest BCUT2D eigenvalue weighted by atomic mass is 10.0. The van der Waals surface area contributed by atoms with E-state index in [2.05, 4.69) is 17.1 Å². The molecule has 1 heterocycles. The molecule has 0 aromatic rings. The molecule has 4 heteroatoms. The molecule has 3 atom stereocenters. The highest BCUT2D eigenvalue weighted by molar-refractivity contribution is 5.79.